The van der Waals surface area contributed by atoms with Gasteiger partial charge in [0.2, 0.25) is 0 Å². The van der Waals surface area contributed by atoms with Crippen LogP contribution in [0.15, 0.2) is 36.4 Å². The third kappa shape index (κ3) is 7.98. The Kier molecular flexibility index (Phi) is 6.94. The van der Waals surface area contributed by atoms with Crippen molar-refractivity contribution in [3.05, 3.63) is 42.0 Å². The maximum Gasteiger partial charge on any atom is 0.323 e. The third-order valence-corrected chi connectivity index (χ3v) is 2.95. The second-order valence-corrected chi connectivity index (χ2v) is 7.81. The molecule has 0 bridgehead atoms. The van der Waals surface area contributed by atoms with Gasteiger partial charge >= 0.3 is 11.9 Å². The summed E-state index contributed by atoms with van der Waals surface area (Å²) in [6, 6.07) is 9.27. The van der Waals surface area contributed by atoms with Crippen LogP contribution in [0.3, 0.4) is 0 Å². The van der Waals surface area contributed by atoms with Crippen LogP contribution in [0.2, 0.25) is 0 Å². The Bertz CT molecular complexity index is 577. The summed E-state index contributed by atoms with van der Waals surface area (Å²) in [5, 5.41) is 10.4. The number of aliphatic hydroxyl groups is 1. The van der Waals surface area contributed by atoms with E-state index in [1.807, 2.05) is 30.3 Å². The van der Waals surface area contributed by atoms with Crippen molar-refractivity contribution in [3.8, 4) is 0 Å². The molecule has 5 nitrogen and oxygen atoms in total. The van der Waals surface area contributed by atoms with E-state index < -0.39 is 35.2 Å². The molecule has 1 rings (SSSR count). The highest BCUT2D eigenvalue weighted by Crippen LogP contribution is 2.20. The van der Waals surface area contributed by atoms with Crippen LogP contribution < -0.4 is 0 Å². The molecule has 0 aliphatic carbocycles. The maximum absolute atomic E-state index is 12.4. The van der Waals surface area contributed by atoms with Gasteiger partial charge < -0.3 is 14.6 Å². The fourth-order valence-corrected chi connectivity index (χ4v) is 1.99. The smallest absolute Gasteiger partial charge is 0.323 e. The summed E-state index contributed by atoms with van der Waals surface area (Å²) in [5.74, 6) is -3.07. The first-order valence-electron chi connectivity index (χ1n) is 8.26. The van der Waals surface area contributed by atoms with E-state index in [9.17, 15) is 14.7 Å². The van der Waals surface area contributed by atoms with E-state index >= 15 is 0 Å². The molecule has 0 aliphatic heterocycles. The van der Waals surface area contributed by atoms with E-state index in [2.05, 4.69) is 0 Å². The molecule has 25 heavy (non-hydrogen) atoms. The first kappa shape index (κ1) is 20.9. The summed E-state index contributed by atoms with van der Waals surface area (Å²) in [6.45, 7) is 10.2. The lowest BCUT2D eigenvalue weighted by atomic mass is 10.00. The van der Waals surface area contributed by atoms with Gasteiger partial charge in [-0.15, -0.1) is 0 Å². The Morgan fingerprint density at radius 2 is 1.36 bits per heavy atom. The molecule has 1 N–H and O–H groups in total. The van der Waals surface area contributed by atoms with E-state index in [0.29, 0.717) is 0 Å². The lowest BCUT2D eigenvalue weighted by molar-refractivity contribution is -0.178. The van der Waals surface area contributed by atoms with Gasteiger partial charge in [-0.2, -0.15) is 0 Å². The Balaban J connectivity index is 3.01. The van der Waals surface area contributed by atoms with Crippen molar-refractivity contribution in [2.75, 3.05) is 0 Å². The van der Waals surface area contributed by atoms with Gasteiger partial charge in [0, 0.05) is 0 Å². The predicted octanol–water partition coefficient (Wildman–Crippen LogP) is 3.36. The van der Waals surface area contributed by atoms with E-state index in [4.69, 9.17) is 9.47 Å². The molecule has 138 valence electrons. The maximum atomic E-state index is 12.4. The van der Waals surface area contributed by atoms with Gasteiger partial charge in [0.25, 0.3) is 0 Å². The molecule has 1 unspecified atom stereocenters. The van der Waals surface area contributed by atoms with Crippen LogP contribution in [0, 0.1) is 5.92 Å². The molecular formula is C20H28O5. The summed E-state index contributed by atoms with van der Waals surface area (Å²) < 4.78 is 10.6. The van der Waals surface area contributed by atoms with Gasteiger partial charge in [-0.05, 0) is 47.1 Å². The molecule has 1 atom stereocenters. The zero-order valence-electron chi connectivity index (χ0n) is 15.8. The van der Waals surface area contributed by atoms with Crippen molar-refractivity contribution in [1.82, 2.24) is 0 Å². The molecule has 1 aromatic carbocycles. The van der Waals surface area contributed by atoms with E-state index in [1.54, 1.807) is 47.6 Å². The normalized spacial score (nSPS) is 13.8. The van der Waals surface area contributed by atoms with Crippen LogP contribution in [-0.2, 0) is 19.1 Å². The van der Waals surface area contributed by atoms with Crippen molar-refractivity contribution in [2.24, 2.45) is 5.92 Å². The number of rotatable bonds is 5. The van der Waals surface area contributed by atoms with Crippen molar-refractivity contribution in [1.29, 1.82) is 0 Å². The number of hydrogen-bond acceptors (Lipinski definition) is 5. The number of carbonyl (C=O) groups is 2. The largest absolute Gasteiger partial charge is 0.459 e. The van der Waals surface area contributed by atoms with Gasteiger partial charge in [-0.25, -0.2) is 0 Å². The Labute approximate surface area is 149 Å². The number of aliphatic hydroxyl groups excluding tert-OH is 1. The predicted molar refractivity (Wildman–Crippen MR) is 96.7 cm³/mol. The quantitative estimate of drug-likeness (QED) is 0.652. The molecular weight excluding hydrogens is 320 g/mol. The highest BCUT2D eigenvalue weighted by atomic mass is 16.6. The second-order valence-electron chi connectivity index (χ2n) is 7.81. The minimum atomic E-state index is -1.45. The van der Waals surface area contributed by atoms with Crippen LogP contribution in [0.1, 0.15) is 47.1 Å². The van der Waals surface area contributed by atoms with Crippen LogP contribution in [0.25, 0.3) is 6.08 Å². The molecule has 0 fully saturated rings. The average molecular weight is 348 g/mol. The Hall–Kier alpha value is -2.14. The number of benzene rings is 1. The van der Waals surface area contributed by atoms with Crippen molar-refractivity contribution in [3.63, 3.8) is 0 Å². The van der Waals surface area contributed by atoms with Crippen LogP contribution in [0.4, 0.5) is 0 Å². The van der Waals surface area contributed by atoms with E-state index in [1.165, 1.54) is 6.08 Å². The number of carbonyl (C=O) groups excluding carboxylic acids is 2. The number of ether oxygens (including phenoxy) is 2. The first-order valence-corrected chi connectivity index (χ1v) is 8.26. The summed E-state index contributed by atoms with van der Waals surface area (Å²) in [4.78, 5) is 24.8. The van der Waals surface area contributed by atoms with Crippen molar-refractivity contribution < 1.29 is 24.2 Å². The summed E-state index contributed by atoms with van der Waals surface area (Å²) in [7, 11) is 0. The lowest BCUT2D eigenvalue weighted by Crippen LogP contribution is -2.42. The number of esters is 2. The summed E-state index contributed by atoms with van der Waals surface area (Å²) in [5.41, 5.74) is -0.714. The summed E-state index contributed by atoms with van der Waals surface area (Å²) >= 11 is 0. The molecule has 0 saturated carbocycles. The molecule has 5 heteroatoms. The zero-order chi connectivity index (χ0) is 19.3. The SMILES string of the molecule is CC(C)(C)OC(=O)C(C(=O)OC(C)(C)C)C(O)/C=C/c1ccccc1. The van der Waals surface area contributed by atoms with Gasteiger partial charge in [-0.3, -0.25) is 9.59 Å². The lowest BCUT2D eigenvalue weighted by Gasteiger charge is -2.27. The van der Waals surface area contributed by atoms with Crippen molar-refractivity contribution >= 4 is 18.0 Å². The van der Waals surface area contributed by atoms with Crippen LogP contribution in [0.5, 0.6) is 0 Å². The molecule has 0 radical (unpaired) electrons. The van der Waals surface area contributed by atoms with Gasteiger partial charge in [0.05, 0.1) is 6.10 Å². The monoisotopic (exact) mass is 348 g/mol. The standard InChI is InChI=1S/C20H28O5/c1-19(2,3)24-17(22)16(18(23)25-20(4,5)6)15(21)13-12-14-10-8-7-9-11-14/h7-13,15-16,21H,1-6H3/b13-12+. The Morgan fingerprint density at radius 1 is 0.920 bits per heavy atom. The topological polar surface area (TPSA) is 72.8 Å². The Morgan fingerprint density at radius 3 is 1.76 bits per heavy atom. The van der Waals surface area contributed by atoms with Gasteiger partial charge in [0.15, 0.2) is 5.92 Å². The van der Waals surface area contributed by atoms with Gasteiger partial charge in [0.1, 0.15) is 11.2 Å². The molecule has 0 aromatic heterocycles. The molecule has 0 amide bonds. The fourth-order valence-electron chi connectivity index (χ4n) is 1.99. The van der Waals surface area contributed by atoms with Crippen molar-refractivity contribution in [2.45, 2.75) is 58.8 Å². The minimum Gasteiger partial charge on any atom is -0.459 e. The minimum absolute atomic E-state index is 0.778. The highest BCUT2D eigenvalue weighted by molar-refractivity contribution is 5.96. The molecule has 0 saturated heterocycles. The molecule has 1 aromatic rings. The second kappa shape index (κ2) is 8.30. The average Bonchev–Trinajstić information content (AvgIpc) is 2.42. The molecule has 0 heterocycles. The third-order valence-electron chi connectivity index (χ3n) is 2.95. The number of hydrogen-bond donors (Lipinski definition) is 1. The van der Waals surface area contributed by atoms with Crippen LogP contribution in [-0.4, -0.2) is 34.4 Å². The fraction of sp³-hybridized carbons (Fsp3) is 0.500. The van der Waals surface area contributed by atoms with E-state index in [0.717, 1.165) is 5.56 Å². The molecule has 0 spiro atoms. The van der Waals surface area contributed by atoms with Crippen LogP contribution >= 0.6 is 0 Å². The first-order chi connectivity index (χ1) is 11.4. The zero-order valence-corrected chi connectivity index (χ0v) is 15.8. The van der Waals surface area contributed by atoms with Gasteiger partial charge in [-0.1, -0.05) is 42.5 Å². The highest BCUT2D eigenvalue weighted by Gasteiger charge is 2.39. The summed E-state index contributed by atoms with van der Waals surface area (Å²) in [6.07, 6.45) is 1.69. The van der Waals surface area contributed by atoms with E-state index in [-0.39, 0.29) is 0 Å². The molecule has 0 aliphatic rings.